The van der Waals surface area contributed by atoms with Gasteiger partial charge in [0.25, 0.3) is 0 Å². The lowest BCUT2D eigenvalue weighted by Gasteiger charge is -2.21. The van der Waals surface area contributed by atoms with Gasteiger partial charge < -0.3 is 15.5 Å². The molecule has 1 rings (SSSR count). The summed E-state index contributed by atoms with van der Waals surface area (Å²) in [6.45, 7) is 9.78. The summed E-state index contributed by atoms with van der Waals surface area (Å²) in [7, 11) is 2.13. The summed E-state index contributed by atoms with van der Waals surface area (Å²) in [4.78, 5) is 6.88. The molecule has 6 heteroatoms. The van der Waals surface area contributed by atoms with Crippen molar-refractivity contribution in [3.05, 3.63) is 34.9 Å². The van der Waals surface area contributed by atoms with E-state index in [9.17, 15) is 0 Å². The number of aliphatic imine (C=N–C) groups is 1. The van der Waals surface area contributed by atoms with Crippen LogP contribution in [-0.4, -0.2) is 43.6 Å². The van der Waals surface area contributed by atoms with Gasteiger partial charge in [0.1, 0.15) is 0 Å². The second kappa shape index (κ2) is 12.0. The van der Waals surface area contributed by atoms with Crippen LogP contribution in [0, 0.1) is 0 Å². The number of halogens is 2. The number of hydrogen-bond acceptors (Lipinski definition) is 2. The fourth-order valence-electron chi connectivity index (χ4n) is 1.76. The van der Waals surface area contributed by atoms with Gasteiger partial charge in [0.2, 0.25) is 0 Å². The highest BCUT2D eigenvalue weighted by molar-refractivity contribution is 14.0. The van der Waals surface area contributed by atoms with E-state index in [2.05, 4.69) is 48.3 Å². The monoisotopic (exact) mass is 438 g/mol. The van der Waals surface area contributed by atoms with Crippen LogP contribution in [0.15, 0.2) is 29.3 Å². The van der Waals surface area contributed by atoms with Crippen LogP contribution < -0.4 is 10.6 Å². The van der Waals surface area contributed by atoms with Crippen LogP contribution >= 0.6 is 35.6 Å². The Morgan fingerprint density at radius 2 is 2.05 bits per heavy atom. The maximum atomic E-state index is 5.98. The van der Waals surface area contributed by atoms with Gasteiger partial charge >= 0.3 is 0 Å². The molecule has 2 N–H and O–H groups in total. The molecule has 0 saturated heterocycles. The molecule has 0 aliphatic heterocycles. The van der Waals surface area contributed by atoms with Crippen LogP contribution in [-0.2, 0) is 6.54 Å². The summed E-state index contributed by atoms with van der Waals surface area (Å²) in [5, 5.41) is 7.36. The molecule has 1 aromatic rings. The van der Waals surface area contributed by atoms with Crippen LogP contribution in [0.25, 0.3) is 0 Å². The molecule has 4 nitrogen and oxygen atoms in total. The second-order valence-corrected chi connectivity index (χ2v) is 5.76. The normalized spacial score (nSPS) is 11.5. The Balaban J connectivity index is 0.00000441. The highest BCUT2D eigenvalue weighted by Crippen LogP contribution is 2.11. The van der Waals surface area contributed by atoms with Crippen molar-refractivity contribution in [2.45, 2.75) is 33.4 Å². The fraction of sp³-hybridized carbons (Fsp3) is 0.562. The van der Waals surface area contributed by atoms with Crippen molar-refractivity contribution in [3.63, 3.8) is 0 Å². The van der Waals surface area contributed by atoms with E-state index in [4.69, 9.17) is 11.6 Å². The Kier molecular flexibility index (Phi) is 11.7. The summed E-state index contributed by atoms with van der Waals surface area (Å²) >= 11 is 5.98. The van der Waals surface area contributed by atoms with Crippen molar-refractivity contribution < 1.29 is 0 Å². The SMILES string of the molecule is CCNC(=NCc1cccc(Cl)c1)NCCN(C)C(C)C.I. The van der Waals surface area contributed by atoms with Crippen LogP contribution in [0.1, 0.15) is 26.3 Å². The molecule has 0 fully saturated rings. The van der Waals surface area contributed by atoms with Crippen molar-refractivity contribution in [1.29, 1.82) is 0 Å². The summed E-state index contributed by atoms with van der Waals surface area (Å²) in [5.41, 5.74) is 1.11. The summed E-state index contributed by atoms with van der Waals surface area (Å²) in [6.07, 6.45) is 0. The zero-order valence-electron chi connectivity index (χ0n) is 13.9. The Morgan fingerprint density at radius 3 is 2.64 bits per heavy atom. The maximum Gasteiger partial charge on any atom is 0.191 e. The number of likely N-dealkylation sites (N-methyl/N-ethyl adjacent to an activating group) is 1. The van der Waals surface area contributed by atoms with Crippen molar-refractivity contribution in [2.24, 2.45) is 4.99 Å². The maximum absolute atomic E-state index is 5.98. The van der Waals surface area contributed by atoms with Crippen molar-refractivity contribution in [2.75, 3.05) is 26.7 Å². The first-order valence-corrected chi connectivity index (χ1v) is 7.87. The minimum atomic E-state index is 0. The van der Waals surface area contributed by atoms with Crippen LogP contribution in [0.2, 0.25) is 5.02 Å². The quantitative estimate of drug-likeness (QED) is 0.390. The molecule has 0 unspecified atom stereocenters. The Bertz CT molecular complexity index is 452. The molecule has 0 spiro atoms. The third kappa shape index (κ3) is 8.80. The lowest BCUT2D eigenvalue weighted by molar-refractivity contribution is 0.278. The molecule has 0 aromatic heterocycles. The standard InChI is InChI=1S/C16H27ClN4.HI/c1-5-18-16(19-9-10-21(4)13(2)3)20-12-14-7-6-8-15(17)11-14;/h6-8,11,13H,5,9-10,12H2,1-4H3,(H2,18,19,20);1H. The predicted octanol–water partition coefficient (Wildman–Crippen LogP) is 3.35. The van der Waals surface area contributed by atoms with Gasteiger partial charge in [0, 0.05) is 30.7 Å². The van der Waals surface area contributed by atoms with E-state index >= 15 is 0 Å². The highest BCUT2D eigenvalue weighted by Gasteiger charge is 2.03. The molecule has 0 saturated carbocycles. The lowest BCUT2D eigenvalue weighted by atomic mass is 10.2. The lowest BCUT2D eigenvalue weighted by Crippen LogP contribution is -2.42. The van der Waals surface area contributed by atoms with Crippen LogP contribution in [0.3, 0.4) is 0 Å². The van der Waals surface area contributed by atoms with Gasteiger partial charge in [-0.25, -0.2) is 4.99 Å². The molecule has 22 heavy (non-hydrogen) atoms. The molecule has 0 atom stereocenters. The van der Waals surface area contributed by atoms with Gasteiger partial charge in [-0.15, -0.1) is 24.0 Å². The molecule has 0 aliphatic carbocycles. The molecule has 0 radical (unpaired) electrons. The third-order valence-corrected chi connectivity index (χ3v) is 3.53. The van der Waals surface area contributed by atoms with E-state index in [0.29, 0.717) is 12.6 Å². The van der Waals surface area contributed by atoms with E-state index < -0.39 is 0 Å². The Labute approximate surface area is 156 Å². The topological polar surface area (TPSA) is 39.7 Å². The zero-order valence-corrected chi connectivity index (χ0v) is 17.0. The van der Waals surface area contributed by atoms with E-state index in [-0.39, 0.29) is 24.0 Å². The minimum Gasteiger partial charge on any atom is -0.357 e. The molecule has 0 aliphatic rings. The molecule has 0 amide bonds. The Hall–Kier alpha value is -0.530. The number of nitrogens with zero attached hydrogens (tertiary/aromatic N) is 2. The van der Waals surface area contributed by atoms with Crippen molar-refractivity contribution in [3.8, 4) is 0 Å². The second-order valence-electron chi connectivity index (χ2n) is 5.33. The van der Waals surface area contributed by atoms with E-state index in [0.717, 1.165) is 36.2 Å². The first-order chi connectivity index (χ1) is 10.0. The Morgan fingerprint density at radius 1 is 1.32 bits per heavy atom. The summed E-state index contributed by atoms with van der Waals surface area (Å²) in [5.74, 6) is 0.842. The molecule has 1 aromatic carbocycles. The average molecular weight is 439 g/mol. The van der Waals surface area contributed by atoms with Gasteiger partial charge in [0.15, 0.2) is 5.96 Å². The number of guanidine groups is 1. The summed E-state index contributed by atoms with van der Waals surface area (Å²) in [6, 6.07) is 8.36. The number of nitrogens with one attached hydrogen (secondary N) is 2. The first kappa shape index (κ1) is 21.5. The average Bonchev–Trinajstić information content (AvgIpc) is 2.44. The van der Waals surface area contributed by atoms with E-state index in [1.807, 2.05) is 24.3 Å². The minimum absolute atomic E-state index is 0. The van der Waals surface area contributed by atoms with Gasteiger partial charge in [-0.3, -0.25) is 0 Å². The molecule has 0 heterocycles. The first-order valence-electron chi connectivity index (χ1n) is 7.49. The molecular weight excluding hydrogens is 411 g/mol. The molecular formula is C16H28ClIN4. The highest BCUT2D eigenvalue weighted by atomic mass is 127. The van der Waals surface area contributed by atoms with Gasteiger partial charge in [0.05, 0.1) is 6.54 Å². The van der Waals surface area contributed by atoms with E-state index in [1.54, 1.807) is 0 Å². The van der Waals surface area contributed by atoms with Crippen molar-refractivity contribution >= 4 is 41.5 Å². The smallest absolute Gasteiger partial charge is 0.191 e. The largest absolute Gasteiger partial charge is 0.357 e. The van der Waals surface area contributed by atoms with Gasteiger partial charge in [-0.05, 0) is 45.5 Å². The zero-order chi connectivity index (χ0) is 15.7. The fourth-order valence-corrected chi connectivity index (χ4v) is 1.97. The number of hydrogen-bond donors (Lipinski definition) is 2. The summed E-state index contributed by atoms with van der Waals surface area (Å²) < 4.78 is 0. The predicted molar refractivity (Wildman–Crippen MR) is 107 cm³/mol. The number of rotatable bonds is 7. The van der Waals surface area contributed by atoms with E-state index in [1.165, 1.54) is 0 Å². The van der Waals surface area contributed by atoms with Gasteiger partial charge in [-0.1, -0.05) is 23.7 Å². The van der Waals surface area contributed by atoms with Crippen LogP contribution in [0.5, 0.6) is 0 Å². The number of benzene rings is 1. The molecule has 126 valence electrons. The third-order valence-electron chi connectivity index (χ3n) is 3.29. The van der Waals surface area contributed by atoms with Gasteiger partial charge in [-0.2, -0.15) is 0 Å². The van der Waals surface area contributed by atoms with Crippen LogP contribution in [0.4, 0.5) is 0 Å². The van der Waals surface area contributed by atoms with Crippen molar-refractivity contribution in [1.82, 2.24) is 15.5 Å². The molecule has 0 bridgehead atoms.